The number of hydrogen-bond donors (Lipinski definition) is 3. The summed E-state index contributed by atoms with van der Waals surface area (Å²) in [6.07, 6.45) is 3.21. The van der Waals surface area contributed by atoms with Crippen molar-refractivity contribution in [3.63, 3.8) is 0 Å². The average Bonchev–Trinajstić information content (AvgIpc) is 3.49. The lowest BCUT2D eigenvalue weighted by Gasteiger charge is -2.15. The summed E-state index contributed by atoms with van der Waals surface area (Å²) >= 11 is 6.24. The number of benzene rings is 2. The summed E-state index contributed by atoms with van der Waals surface area (Å²) in [6.45, 7) is 3.43. The Morgan fingerprint density at radius 2 is 1.90 bits per heavy atom. The van der Waals surface area contributed by atoms with E-state index in [1.54, 1.807) is 44.6 Å². The van der Waals surface area contributed by atoms with Gasteiger partial charge in [-0.05, 0) is 43.9 Å². The second kappa shape index (κ2) is 9.80. The fourth-order valence-electron chi connectivity index (χ4n) is 4.88. The lowest BCUT2D eigenvalue weighted by Crippen LogP contribution is -2.19. The second-order valence-electron chi connectivity index (χ2n) is 9.78. The normalized spacial score (nSPS) is 14.6. The van der Waals surface area contributed by atoms with E-state index in [0.29, 0.717) is 51.5 Å². The zero-order valence-electron chi connectivity index (χ0n) is 21.6. The first-order valence-corrected chi connectivity index (χ1v) is 13.0. The number of rotatable bonds is 7. The number of anilines is 1. The van der Waals surface area contributed by atoms with Crippen LogP contribution in [-0.4, -0.2) is 37.3 Å². The lowest BCUT2D eigenvalue weighted by atomic mass is 9.94. The Bertz CT molecular complexity index is 1760. The van der Waals surface area contributed by atoms with Gasteiger partial charge in [0.05, 0.1) is 17.3 Å². The molecule has 1 aliphatic rings. The molecule has 10 nitrogen and oxygen atoms in total. The van der Waals surface area contributed by atoms with E-state index >= 15 is 0 Å². The minimum atomic E-state index is -0.795. The third kappa shape index (κ3) is 4.36. The van der Waals surface area contributed by atoms with Crippen molar-refractivity contribution in [1.29, 1.82) is 0 Å². The summed E-state index contributed by atoms with van der Waals surface area (Å²) in [5.74, 6) is -0.563. The topological polar surface area (TPSA) is 143 Å². The number of hydrogen-bond acceptors (Lipinski definition) is 7. The van der Waals surface area contributed by atoms with Gasteiger partial charge in [0.2, 0.25) is 5.76 Å². The van der Waals surface area contributed by atoms with Crippen LogP contribution in [0.1, 0.15) is 42.7 Å². The van der Waals surface area contributed by atoms with Gasteiger partial charge in [0.15, 0.2) is 0 Å². The maximum Gasteiger partial charge on any atom is 0.412 e. The zero-order valence-corrected chi connectivity index (χ0v) is 22.3. The molecule has 0 spiro atoms. The molecule has 1 fully saturated rings. The first-order chi connectivity index (χ1) is 19.3. The molecule has 0 saturated heterocycles. The molecule has 1 aliphatic carbocycles. The van der Waals surface area contributed by atoms with Crippen molar-refractivity contribution >= 4 is 40.4 Å². The Kier molecular flexibility index (Phi) is 6.26. The van der Waals surface area contributed by atoms with Gasteiger partial charge in [0.1, 0.15) is 28.7 Å². The highest BCUT2D eigenvalue weighted by molar-refractivity contribution is 6.31. The molecule has 3 aromatic heterocycles. The van der Waals surface area contributed by atoms with Crippen LogP contribution in [0, 0.1) is 6.92 Å². The number of aliphatic carboxylic acids is 1. The van der Waals surface area contributed by atoms with Crippen molar-refractivity contribution in [1.82, 2.24) is 20.1 Å². The van der Waals surface area contributed by atoms with Gasteiger partial charge in [0.25, 0.3) is 0 Å². The summed E-state index contributed by atoms with van der Waals surface area (Å²) in [7, 11) is 0. The molecular formula is C29H24ClN5O5. The molecule has 40 heavy (non-hydrogen) atoms. The van der Waals surface area contributed by atoms with Crippen LogP contribution in [0.25, 0.3) is 33.6 Å². The standard InChI is InChI=1S/C29H24ClN5O5/c1-15-22(34-28(38)39-16(2)19-5-3-4-6-21(19)30)26(40-35-15)25-24-23(32-14-33-24)20(13-31-25)17-7-9-18(10-8-17)29(11-12-29)27(36)37/h3-10,13-14,16H,11-12H2,1-2H3,(H,32,33)(H,34,38)(H,36,37). The number of aromatic nitrogens is 4. The molecule has 3 N–H and O–H groups in total. The number of imidazole rings is 1. The monoisotopic (exact) mass is 557 g/mol. The van der Waals surface area contributed by atoms with E-state index in [4.69, 9.17) is 20.9 Å². The van der Waals surface area contributed by atoms with E-state index < -0.39 is 23.6 Å². The minimum absolute atomic E-state index is 0.232. The SMILES string of the molecule is Cc1noc(-c2ncc(-c3ccc(C4(C(=O)O)CC4)cc3)c3[nH]cnc23)c1NC(=O)OC(C)c1ccccc1Cl. The van der Waals surface area contributed by atoms with Crippen LogP contribution < -0.4 is 5.32 Å². The predicted octanol–water partition coefficient (Wildman–Crippen LogP) is 6.67. The van der Waals surface area contributed by atoms with Crippen LogP contribution in [0.2, 0.25) is 5.02 Å². The van der Waals surface area contributed by atoms with Crippen LogP contribution >= 0.6 is 11.6 Å². The number of aromatic amines is 1. The van der Waals surface area contributed by atoms with E-state index in [-0.39, 0.29) is 5.76 Å². The number of halogens is 1. The molecule has 0 aliphatic heterocycles. The molecule has 1 saturated carbocycles. The fourth-order valence-corrected chi connectivity index (χ4v) is 5.17. The van der Waals surface area contributed by atoms with E-state index in [9.17, 15) is 14.7 Å². The number of carboxylic acid groups (broad SMARTS) is 1. The number of nitrogens with one attached hydrogen (secondary N) is 2. The molecule has 6 rings (SSSR count). The number of carbonyl (C=O) groups excluding carboxylic acids is 1. The number of carboxylic acids is 1. The van der Waals surface area contributed by atoms with Crippen LogP contribution in [0.3, 0.4) is 0 Å². The molecule has 5 aromatic rings. The van der Waals surface area contributed by atoms with Crippen molar-refractivity contribution in [3.05, 3.63) is 82.9 Å². The summed E-state index contributed by atoms with van der Waals surface area (Å²) in [4.78, 5) is 36.7. The van der Waals surface area contributed by atoms with Gasteiger partial charge in [-0.2, -0.15) is 0 Å². The Balaban J connectivity index is 1.28. The quantitative estimate of drug-likeness (QED) is 0.201. The van der Waals surface area contributed by atoms with E-state index in [1.807, 2.05) is 30.3 Å². The predicted molar refractivity (Wildman–Crippen MR) is 148 cm³/mol. The van der Waals surface area contributed by atoms with Gasteiger partial charge in [-0.3, -0.25) is 10.1 Å². The van der Waals surface area contributed by atoms with Gasteiger partial charge in [-0.15, -0.1) is 0 Å². The first-order valence-electron chi connectivity index (χ1n) is 12.6. The van der Waals surface area contributed by atoms with Crippen LogP contribution in [0.15, 0.2) is 65.6 Å². The summed E-state index contributed by atoms with van der Waals surface area (Å²) < 4.78 is 11.1. The van der Waals surface area contributed by atoms with Gasteiger partial charge in [0, 0.05) is 22.3 Å². The number of nitrogens with zero attached hydrogens (tertiary/aromatic N) is 3. The summed E-state index contributed by atoms with van der Waals surface area (Å²) in [5.41, 5.74) is 4.68. The molecule has 3 heterocycles. The number of amides is 1. The zero-order chi connectivity index (χ0) is 28.0. The Morgan fingerprint density at radius 3 is 2.60 bits per heavy atom. The molecule has 1 unspecified atom stereocenters. The Morgan fingerprint density at radius 1 is 1.15 bits per heavy atom. The third-order valence-corrected chi connectivity index (χ3v) is 7.64. The number of aryl methyl sites for hydroxylation is 1. The molecule has 11 heteroatoms. The largest absolute Gasteiger partial charge is 0.481 e. The van der Waals surface area contributed by atoms with Crippen molar-refractivity contribution in [3.8, 4) is 22.6 Å². The van der Waals surface area contributed by atoms with Crippen molar-refractivity contribution in [2.75, 3.05) is 5.32 Å². The number of ether oxygens (including phenoxy) is 1. The molecule has 202 valence electrons. The molecule has 0 radical (unpaired) electrons. The smallest absolute Gasteiger partial charge is 0.412 e. The average molecular weight is 558 g/mol. The van der Waals surface area contributed by atoms with Crippen LogP contribution in [-0.2, 0) is 14.9 Å². The van der Waals surface area contributed by atoms with Crippen LogP contribution in [0.5, 0.6) is 0 Å². The second-order valence-corrected chi connectivity index (χ2v) is 10.2. The van der Waals surface area contributed by atoms with Gasteiger partial charge in [-0.1, -0.05) is 59.2 Å². The third-order valence-electron chi connectivity index (χ3n) is 7.30. The maximum absolute atomic E-state index is 12.8. The first kappa shape index (κ1) is 25.6. The highest BCUT2D eigenvalue weighted by Crippen LogP contribution is 2.48. The molecule has 0 bridgehead atoms. The van der Waals surface area contributed by atoms with Gasteiger partial charge >= 0.3 is 12.1 Å². The Labute approximate surface area is 233 Å². The number of pyridine rings is 1. The summed E-state index contributed by atoms with van der Waals surface area (Å²) in [5, 5.41) is 16.9. The minimum Gasteiger partial charge on any atom is -0.481 e. The highest BCUT2D eigenvalue weighted by Gasteiger charge is 2.51. The highest BCUT2D eigenvalue weighted by atomic mass is 35.5. The number of fused-ring (bicyclic) bond motifs is 1. The van der Waals surface area contributed by atoms with Crippen molar-refractivity contribution < 1.29 is 24.0 Å². The Hall–Kier alpha value is -4.70. The maximum atomic E-state index is 12.8. The van der Waals surface area contributed by atoms with Gasteiger partial charge in [-0.25, -0.2) is 14.8 Å². The van der Waals surface area contributed by atoms with Crippen molar-refractivity contribution in [2.24, 2.45) is 0 Å². The van der Waals surface area contributed by atoms with Crippen LogP contribution in [0.4, 0.5) is 10.5 Å². The molecule has 1 amide bonds. The van der Waals surface area contributed by atoms with Gasteiger partial charge < -0.3 is 19.4 Å². The van der Waals surface area contributed by atoms with E-state index in [2.05, 4.69) is 25.4 Å². The molecule has 2 aromatic carbocycles. The van der Waals surface area contributed by atoms with Crippen molar-refractivity contribution in [2.45, 2.75) is 38.2 Å². The fraction of sp³-hybridized carbons (Fsp3) is 0.207. The lowest BCUT2D eigenvalue weighted by molar-refractivity contribution is -0.140. The van der Waals surface area contributed by atoms with E-state index in [1.165, 1.54) is 0 Å². The number of H-pyrrole nitrogens is 1. The molecule has 1 atom stereocenters. The number of carbonyl (C=O) groups is 2. The van der Waals surface area contributed by atoms with E-state index in [0.717, 1.165) is 16.7 Å². The molecular weight excluding hydrogens is 534 g/mol. The summed E-state index contributed by atoms with van der Waals surface area (Å²) in [6, 6.07) is 14.6.